The molecule has 0 saturated carbocycles. The first-order chi connectivity index (χ1) is 13.5. The Hall–Kier alpha value is -2.71. The molecule has 0 heterocycles. The van der Waals surface area contributed by atoms with E-state index in [1.54, 1.807) is 36.4 Å². The van der Waals surface area contributed by atoms with Gasteiger partial charge in [0.2, 0.25) is 15.9 Å². The number of amides is 1. The highest BCUT2D eigenvalue weighted by Gasteiger charge is 2.17. The van der Waals surface area contributed by atoms with E-state index in [9.17, 15) is 18.0 Å². The fraction of sp³-hybridized carbons (Fsp3) is 0.333. The molecule has 2 aromatic rings. The Morgan fingerprint density at radius 1 is 0.966 bits per heavy atom. The van der Waals surface area contributed by atoms with Crippen LogP contribution in [-0.4, -0.2) is 33.9 Å². The maximum Gasteiger partial charge on any atom is 0.337 e. The van der Waals surface area contributed by atoms with Crippen molar-refractivity contribution in [2.45, 2.75) is 37.5 Å². The van der Waals surface area contributed by atoms with Gasteiger partial charge in [-0.3, -0.25) is 4.79 Å². The molecule has 0 fully saturated rings. The van der Waals surface area contributed by atoms with Crippen molar-refractivity contribution >= 4 is 27.6 Å². The van der Waals surface area contributed by atoms with Crippen molar-refractivity contribution in [2.75, 3.05) is 19.0 Å². The lowest BCUT2D eigenvalue weighted by atomic mass is 9.87. The highest BCUT2D eigenvalue weighted by Crippen LogP contribution is 2.23. The molecule has 29 heavy (non-hydrogen) atoms. The molecule has 0 spiro atoms. The number of esters is 1. The number of carbonyl (C=O) groups is 2. The maximum absolute atomic E-state index is 12.4. The maximum atomic E-state index is 12.4. The molecular weight excluding hydrogens is 392 g/mol. The summed E-state index contributed by atoms with van der Waals surface area (Å²) in [5.41, 5.74) is 1.84. The van der Waals surface area contributed by atoms with E-state index in [1.165, 1.54) is 19.2 Å². The third kappa shape index (κ3) is 6.40. The lowest BCUT2D eigenvalue weighted by Crippen LogP contribution is -2.28. The van der Waals surface area contributed by atoms with Gasteiger partial charge in [0.25, 0.3) is 0 Å². The second kappa shape index (κ2) is 9.19. The van der Waals surface area contributed by atoms with Crippen LogP contribution in [-0.2, 0) is 25.0 Å². The number of sulfonamides is 1. The molecule has 156 valence electrons. The molecule has 1 amide bonds. The van der Waals surface area contributed by atoms with E-state index in [2.05, 4.69) is 35.5 Å². The predicted molar refractivity (Wildman–Crippen MR) is 111 cm³/mol. The Bertz CT molecular complexity index is 960. The average Bonchev–Trinajstić information content (AvgIpc) is 2.67. The van der Waals surface area contributed by atoms with Crippen LogP contribution in [0.5, 0.6) is 0 Å². The Morgan fingerprint density at radius 3 is 2.07 bits per heavy atom. The number of hydrogen-bond donors (Lipinski definition) is 2. The predicted octanol–water partition coefficient (Wildman–Crippen LogP) is 3.08. The zero-order valence-electron chi connectivity index (χ0n) is 17.0. The average molecular weight is 419 g/mol. The monoisotopic (exact) mass is 418 g/mol. The molecule has 7 nitrogen and oxygen atoms in total. The summed E-state index contributed by atoms with van der Waals surface area (Å²) in [5, 5.41) is 2.65. The first-order valence-corrected chi connectivity index (χ1v) is 10.6. The van der Waals surface area contributed by atoms with Gasteiger partial charge in [0.15, 0.2) is 0 Å². The third-order valence-electron chi connectivity index (χ3n) is 4.26. The highest BCUT2D eigenvalue weighted by atomic mass is 32.2. The van der Waals surface area contributed by atoms with E-state index in [0.29, 0.717) is 11.3 Å². The Balaban J connectivity index is 1.88. The van der Waals surface area contributed by atoms with Crippen LogP contribution in [0.25, 0.3) is 0 Å². The minimum absolute atomic E-state index is 0.0297. The number of benzene rings is 2. The largest absolute Gasteiger partial charge is 0.465 e. The van der Waals surface area contributed by atoms with Crippen molar-refractivity contribution < 1.29 is 22.7 Å². The molecule has 0 aromatic heterocycles. The number of hydrogen-bond acceptors (Lipinski definition) is 5. The molecule has 0 aliphatic rings. The molecular formula is C21H26N2O5S. The Morgan fingerprint density at radius 2 is 1.55 bits per heavy atom. The highest BCUT2D eigenvalue weighted by molar-refractivity contribution is 7.89. The quantitative estimate of drug-likeness (QED) is 0.673. The first kappa shape index (κ1) is 22.6. The molecule has 2 aromatic carbocycles. The lowest BCUT2D eigenvalue weighted by molar-refractivity contribution is -0.116. The summed E-state index contributed by atoms with van der Waals surface area (Å²) >= 11 is 0. The van der Waals surface area contributed by atoms with Crippen LogP contribution in [0.1, 0.15) is 43.1 Å². The second-order valence-electron chi connectivity index (χ2n) is 7.54. The summed E-state index contributed by atoms with van der Waals surface area (Å²) < 4.78 is 31.8. The fourth-order valence-electron chi connectivity index (χ4n) is 2.55. The Labute approximate surface area is 171 Å². The number of ether oxygens (including phenoxy) is 1. The smallest absolute Gasteiger partial charge is 0.337 e. The molecule has 0 unspecified atom stereocenters. The van der Waals surface area contributed by atoms with Crippen LogP contribution >= 0.6 is 0 Å². The van der Waals surface area contributed by atoms with Gasteiger partial charge >= 0.3 is 5.97 Å². The zero-order chi connectivity index (χ0) is 21.7. The normalized spacial score (nSPS) is 11.7. The zero-order valence-corrected chi connectivity index (χ0v) is 17.8. The van der Waals surface area contributed by atoms with Crippen LogP contribution in [0.2, 0.25) is 0 Å². The summed E-state index contributed by atoms with van der Waals surface area (Å²) in [6.45, 7) is 6.12. The summed E-state index contributed by atoms with van der Waals surface area (Å²) in [6.07, 6.45) is -0.0297. The first-order valence-electron chi connectivity index (χ1n) is 9.11. The topological polar surface area (TPSA) is 102 Å². The molecule has 0 atom stereocenters. The van der Waals surface area contributed by atoms with Crippen LogP contribution in [0.3, 0.4) is 0 Å². The second-order valence-corrected chi connectivity index (χ2v) is 9.31. The van der Waals surface area contributed by atoms with E-state index >= 15 is 0 Å². The number of nitrogens with one attached hydrogen (secondary N) is 2. The van der Waals surface area contributed by atoms with E-state index in [1.807, 2.05) is 0 Å². The van der Waals surface area contributed by atoms with Gasteiger partial charge in [-0.1, -0.05) is 32.9 Å². The number of carbonyl (C=O) groups excluding carboxylic acids is 2. The summed E-state index contributed by atoms with van der Waals surface area (Å²) in [5.74, 6) is -0.811. The molecule has 0 radical (unpaired) electrons. The van der Waals surface area contributed by atoms with Crippen LogP contribution in [0.4, 0.5) is 5.69 Å². The minimum Gasteiger partial charge on any atom is -0.465 e. The van der Waals surface area contributed by atoms with Gasteiger partial charge in [0.1, 0.15) is 0 Å². The standard InChI is InChI=1S/C21H26N2O5S/c1-21(2,3)16-7-11-18(12-8-16)29(26,27)22-14-13-19(24)23-17-9-5-15(6-10-17)20(25)28-4/h5-12,22H,13-14H2,1-4H3,(H,23,24). The number of rotatable bonds is 7. The summed E-state index contributed by atoms with van der Waals surface area (Å²) in [4.78, 5) is 23.6. The summed E-state index contributed by atoms with van der Waals surface area (Å²) in [7, 11) is -2.40. The molecule has 0 aliphatic carbocycles. The van der Waals surface area contributed by atoms with Gasteiger partial charge in [-0.05, 0) is 47.4 Å². The van der Waals surface area contributed by atoms with Gasteiger partial charge in [-0.15, -0.1) is 0 Å². The van der Waals surface area contributed by atoms with E-state index < -0.39 is 16.0 Å². The molecule has 2 N–H and O–H groups in total. The van der Waals surface area contributed by atoms with Gasteiger partial charge in [0.05, 0.1) is 17.6 Å². The van der Waals surface area contributed by atoms with Gasteiger partial charge in [0, 0.05) is 18.7 Å². The van der Waals surface area contributed by atoms with Crippen molar-refractivity contribution in [1.29, 1.82) is 0 Å². The summed E-state index contributed by atoms with van der Waals surface area (Å²) in [6, 6.07) is 12.9. The minimum atomic E-state index is -3.69. The van der Waals surface area contributed by atoms with Crippen molar-refractivity contribution in [3.63, 3.8) is 0 Å². The van der Waals surface area contributed by atoms with Crippen molar-refractivity contribution in [3.05, 3.63) is 59.7 Å². The van der Waals surface area contributed by atoms with E-state index in [-0.39, 0.29) is 29.2 Å². The van der Waals surface area contributed by atoms with Crippen molar-refractivity contribution in [3.8, 4) is 0 Å². The van der Waals surface area contributed by atoms with Crippen molar-refractivity contribution in [2.24, 2.45) is 0 Å². The number of anilines is 1. The van der Waals surface area contributed by atoms with Gasteiger partial charge in [-0.25, -0.2) is 17.9 Å². The van der Waals surface area contributed by atoms with Crippen molar-refractivity contribution in [1.82, 2.24) is 4.72 Å². The molecule has 2 rings (SSSR count). The van der Waals surface area contributed by atoms with Crippen LogP contribution < -0.4 is 10.0 Å². The van der Waals surface area contributed by atoms with E-state index in [4.69, 9.17) is 0 Å². The third-order valence-corrected chi connectivity index (χ3v) is 5.74. The van der Waals surface area contributed by atoms with Crippen LogP contribution in [0.15, 0.2) is 53.4 Å². The van der Waals surface area contributed by atoms with Gasteiger partial charge in [-0.2, -0.15) is 0 Å². The fourth-order valence-corrected chi connectivity index (χ4v) is 3.58. The lowest BCUT2D eigenvalue weighted by Gasteiger charge is -2.19. The molecule has 0 bridgehead atoms. The Kier molecular flexibility index (Phi) is 7.16. The SMILES string of the molecule is COC(=O)c1ccc(NC(=O)CCNS(=O)(=O)c2ccc(C(C)(C)C)cc2)cc1. The number of methoxy groups -OCH3 is 1. The molecule has 0 saturated heterocycles. The van der Waals surface area contributed by atoms with Gasteiger partial charge < -0.3 is 10.1 Å². The van der Waals surface area contributed by atoms with Crippen LogP contribution in [0, 0.1) is 0 Å². The molecule has 8 heteroatoms. The van der Waals surface area contributed by atoms with E-state index in [0.717, 1.165) is 5.56 Å². The molecule has 0 aliphatic heterocycles.